The summed E-state index contributed by atoms with van der Waals surface area (Å²) in [6, 6.07) is 0. The lowest BCUT2D eigenvalue weighted by molar-refractivity contribution is -0.147. The molecule has 0 heterocycles. The zero-order chi connectivity index (χ0) is 10.2. The Morgan fingerprint density at radius 3 is 2.00 bits per heavy atom. The number of rotatable bonds is 3. The van der Waals surface area contributed by atoms with Crippen LogP contribution >= 0.6 is 0 Å². The second kappa shape index (κ2) is 3.54. The van der Waals surface area contributed by atoms with E-state index in [1.807, 2.05) is 0 Å². The summed E-state index contributed by atoms with van der Waals surface area (Å²) in [6.45, 7) is 0. The molecule has 0 spiro atoms. The van der Waals surface area contributed by atoms with Gasteiger partial charge in [-0.25, -0.2) is 0 Å². The smallest absolute Gasteiger partial charge is 0.324 e. The number of carboxylic acids is 1. The van der Waals surface area contributed by atoms with Crippen molar-refractivity contribution in [2.24, 2.45) is 17.6 Å². The first-order valence-electron chi connectivity index (χ1n) is 5.68. The third kappa shape index (κ3) is 1.54. The van der Waals surface area contributed by atoms with Gasteiger partial charge in [-0.2, -0.15) is 0 Å². The average molecular weight is 197 g/mol. The van der Waals surface area contributed by atoms with Gasteiger partial charge in [0.05, 0.1) is 0 Å². The van der Waals surface area contributed by atoms with Crippen LogP contribution in [0.1, 0.15) is 44.9 Å². The molecule has 2 aliphatic carbocycles. The average Bonchev–Trinajstić information content (AvgIpc) is 3.01. The summed E-state index contributed by atoms with van der Waals surface area (Å²) in [6.07, 6.45) is 7.61. The van der Waals surface area contributed by atoms with Crippen molar-refractivity contribution in [3.63, 3.8) is 0 Å². The molecular weight excluding hydrogens is 178 g/mol. The van der Waals surface area contributed by atoms with Crippen molar-refractivity contribution in [3.8, 4) is 0 Å². The van der Waals surface area contributed by atoms with E-state index >= 15 is 0 Å². The molecule has 80 valence electrons. The normalized spacial score (nSPS) is 28.4. The minimum absolute atomic E-state index is 0.223. The second-order valence-corrected chi connectivity index (χ2v) is 4.85. The van der Waals surface area contributed by atoms with Crippen LogP contribution in [0.4, 0.5) is 0 Å². The van der Waals surface area contributed by atoms with Crippen LogP contribution in [0, 0.1) is 11.8 Å². The van der Waals surface area contributed by atoms with Crippen molar-refractivity contribution in [1.82, 2.24) is 0 Å². The van der Waals surface area contributed by atoms with Crippen LogP contribution in [-0.4, -0.2) is 16.6 Å². The molecule has 0 saturated heterocycles. The molecule has 0 amide bonds. The summed E-state index contributed by atoms with van der Waals surface area (Å²) in [7, 11) is 0. The molecule has 2 fully saturated rings. The van der Waals surface area contributed by atoms with Crippen LogP contribution in [-0.2, 0) is 4.79 Å². The highest BCUT2D eigenvalue weighted by atomic mass is 16.4. The maximum atomic E-state index is 11.3. The number of nitrogens with two attached hydrogens (primary N) is 1. The van der Waals surface area contributed by atoms with E-state index in [1.165, 1.54) is 6.42 Å². The van der Waals surface area contributed by atoms with E-state index in [1.54, 1.807) is 0 Å². The van der Waals surface area contributed by atoms with Crippen LogP contribution < -0.4 is 5.73 Å². The maximum absolute atomic E-state index is 11.3. The Balaban J connectivity index is 2.12. The van der Waals surface area contributed by atoms with Crippen LogP contribution in [0.15, 0.2) is 0 Å². The van der Waals surface area contributed by atoms with Gasteiger partial charge in [0.2, 0.25) is 0 Å². The summed E-state index contributed by atoms with van der Waals surface area (Å²) in [5, 5.41) is 9.27. The van der Waals surface area contributed by atoms with E-state index in [-0.39, 0.29) is 11.8 Å². The summed E-state index contributed by atoms with van der Waals surface area (Å²) >= 11 is 0. The van der Waals surface area contributed by atoms with Crippen LogP contribution in [0.3, 0.4) is 0 Å². The Bertz CT molecular complexity index is 231. The van der Waals surface area contributed by atoms with Crippen LogP contribution in [0.5, 0.6) is 0 Å². The Morgan fingerprint density at radius 1 is 1.07 bits per heavy atom. The summed E-state index contributed by atoms with van der Waals surface area (Å²) in [5.74, 6) is -0.295. The van der Waals surface area contributed by atoms with Gasteiger partial charge in [0.1, 0.15) is 5.54 Å². The molecule has 0 bridgehead atoms. The molecule has 2 rings (SSSR count). The maximum Gasteiger partial charge on any atom is 0.324 e. The SMILES string of the molecule is NC(C(=O)O)(C1CCCCC1)C1CC1. The number of hydrogen-bond donors (Lipinski definition) is 2. The molecule has 2 saturated carbocycles. The minimum Gasteiger partial charge on any atom is -0.480 e. The highest BCUT2D eigenvalue weighted by Crippen LogP contribution is 2.46. The first-order valence-corrected chi connectivity index (χ1v) is 5.68. The van der Waals surface area contributed by atoms with Gasteiger partial charge in [0, 0.05) is 0 Å². The van der Waals surface area contributed by atoms with E-state index in [0.29, 0.717) is 0 Å². The van der Waals surface area contributed by atoms with E-state index < -0.39 is 11.5 Å². The summed E-state index contributed by atoms with van der Waals surface area (Å²) in [5.41, 5.74) is 5.22. The number of carbonyl (C=O) groups is 1. The number of aliphatic carboxylic acids is 1. The zero-order valence-corrected chi connectivity index (χ0v) is 8.54. The molecular formula is C11H19NO2. The van der Waals surface area contributed by atoms with Gasteiger partial charge >= 0.3 is 5.97 Å². The Morgan fingerprint density at radius 2 is 1.57 bits per heavy atom. The van der Waals surface area contributed by atoms with Gasteiger partial charge in [-0.15, -0.1) is 0 Å². The van der Waals surface area contributed by atoms with E-state index in [0.717, 1.165) is 38.5 Å². The van der Waals surface area contributed by atoms with Crippen molar-refractivity contribution in [2.45, 2.75) is 50.5 Å². The van der Waals surface area contributed by atoms with Crippen molar-refractivity contribution < 1.29 is 9.90 Å². The summed E-state index contributed by atoms with van der Waals surface area (Å²) in [4.78, 5) is 11.3. The molecule has 3 heteroatoms. The van der Waals surface area contributed by atoms with Crippen molar-refractivity contribution in [1.29, 1.82) is 0 Å². The molecule has 14 heavy (non-hydrogen) atoms. The van der Waals surface area contributed by atoms with Crippen molar-refractivity contribution in [3.05, 3.63) is 0 Å². The van der Waals surface area contributed by atoms with Gasteiger partial charge in [0.15, 0.2) is 0 Å². The highest BCUT2D eigenvalue weighted by molar-refractivity contribution is 5.80. The van der Waals surface area contributed by atoms with Gasteiger partial charge in [-0.3, -0.25) is 4.79 Å². The van der Waals surface area contributed by atoms with Gasteiger partial charge in [-0.05, 0) is 37.5 Å². The molecule has 3 nitrogen and oxygen atoms in total. The Labute approximate surface area is 84.7 Å². The van der Waals surface area contributed by atoms with Gasteiger partial charge < -0.3 is 10.8 Å². The Hall–Kier alpha value is -0.570. The fourth-order valence-electron chi connectivity index (χ4n) is 2.82. The number of carboxylic acid groups (broad SMARTS) is 1. The molecule has 0 aromatic heterocycles. The van der Waals surface area contributed by atoms with Gasteiger partial charge in [-0.1, -0.05) is 19.3 Å². The molecule has 2 aliphatic rings. The Kier molecular flexibility index (Phi) is 2.52. The van der Waals surface area contributed by atoms with Gasteiger partial charge in [0.25, 0.3) is 0 Å². The second-order valence-electron chi connectivity index (χ2n) is 4.85. The molecule has 0 aliphatic heterocycles. The van der Waals surface area contributed by atoms with Crippen molar-refractivity contribution in [2.75, 3.05) is 0 Å². The lowest BCUT2D eigenvalue weighted by Crippen LogP contribution is -2.56. The molecule has 0 aromatic carbocycles. The monoisotopic (exact) mass is 197 g/mol. The van der Waals surface area contributed by atoms with Crippen molar-refractivity contribution >= 4 is 5.97 Å². The predicted molar refractivity (Wildman–Crippen MR) is 53.9 cm³/mol. The largest absolute Gasteiger partial charge is 0.480 e. The van der Waals surface area contributed by atoms with E-state index in [9.17, 15) is 9.90 Å². The van der Waals surface area contributed by atoms with Crippen LogP contribution in [0.25, 0.3) is 0 Å². The zero-order valence-electron chi connectivity index (χ0n) is 8.54. The minimum atomic E-state index is -0.902. The topological polar surface area (TPSA) is 63.3 Å². The molecule has 0 radical (unpaired) electrons. The third-order valence-electron chi connectivity index (χ3n) is 3.90. The standard InChI is InChI=1S/C11H19NO2/c12-11(10(13)14,9-6-7-9)8-4-2-1-3-5-8/h8-9H,1-7,12H2,(H,13,14). The van der Waals surface area contributed by atoms with Crippen LogP contribution in [0.2, 0.25) is 0 Å². The summed E-state index contributed by atoms with van der Waals surface area (Å²) < 4.78 is 0. The fraction of sp³-hybridized carbons (Fsp3) is 0.909. The lowest BCUT2D eigenvalue weighted by atomic mass is 9.72. The molecule has 1 unspecified atom stereocenters. The first kappa shape index (κ1) is 9.97. The molecule has 3 N–H and O–H groups in total. The molecule has 0 aromatic rings. The lowest BCUT2D eigenvalue weighted by Gasteiger charge is -2.36. The molecule has 1 atom stereocenters. The predicted octanol–water partition coefficient (Wildman–Crippen LogP) is 1.76. The third-order valence-corrected chi connectivity index (χ3v) is 3.90. The fourth-order valence-corrected chi connectivity index (χ4v) is 2.82. The van der Waals surface area contributed by atoms with E-state index in [4.69, 9.17) is 5.73 Å². The highest BCUT2D eigenvalue weighted by Gasteiger charge is 2.52. The quantitative estimate of drug-likeness (QED) is 0.724. The van der Waals surface area contributed by atoms with E-state index in [2.05, 4.69) is 0 Å². The first-order chi connectivity index (χ1) is 6.65. The number of hydrogen-bond acceptors (Lipinski definition) is 2.